The number of anilines is 1. The number of nitrogens with one attached hydrogen (secondary N) is 1. The van der Waals surface area contributed by atoms with E-state index >= 15 is 0 Å². The Morgan fingerprint density at radius 2 is 1.66 bits per heavy atom. The smallest absolute Gasteiger partial charge is 0.248 e. The van der Waals surface area contributed by atoms with Crippen LogP contribution in [0.1, 0.15) is 26.3 Å². The van der Waals surface area contributed by atoms with Crippen LogP contribution in [0.2, 0.25) is 0 Å². The van der Waals surface area contributed by atoms with Crippen LogP contribution in [0.15, 0.2) is 55.1 Å². The van der Waals surface area contributed by atoms with Crippen LogP contribution < -0.4 is 21.5 Å². The summed E-state index contributed by atoms with van der Waals surface area (Å²) in [6, 6.07) is 11.6. The molecule has 0 unspecified atom stereocenters. The van der Waals surface area contributed by atoms with E-state index in [4.69, 9.17) is 16.2 Å². The van der Waals surface area contributed by atoms with Crippen molar-refractivity contribution in [3.63, 3.8) is 0 Å². The van der Waals surface area contributed by atoms with Crippen molar-refractivity contribution in [2.24, 2.45) is 11.5 Å². The van der Waals surface area contributed by atoms with E-state index in [2.05, 4.69) is 11.9 Å². The molecule has 0 radical (unpaired) electrons. The molecule has 2 aromatic carbocycles. The quantitative estimate of drug-likeness (QED) is 0.525. The van der Waals surface area contributed by atoms with Gasteiger partial charge in [-0.1, -0.05) is 24.8 Å². The van der Waals surface area contributed by atoms with E-state index in [1.165, 1.54) is 18.2 Å². The lowest BCUT2D eigenvalue weighted by molar-refractivity contribution is -0.117. The maximum absolute atomic E-state index is 12.3. The first-order valence-electron chi connectivity index (χ1n) is 8.84. The lowest BCUT2D eigenvalue weighted by atomic mass is 10.1. The largest absolute Gasteiger partial charge is 0.490 e. The number of hydrogen-bond donors (Lipinski definition) is 3. The minimum absolute atomic E-state index is 0.0868. The number of rotatable bonds is 10. The van der Waals surface area contributed by atoms with Gasteiger partial charge >= 0.3 is 0 Å². The number of carbonyl (C=O) groups is 3. The highest BCUT2D eigenvalue weighted by Crippen LogP contribution is 2.16. The van der Waals surface area contributed by atoms with Crippen LogP contribution in [0, 0.1) is 0 Å². The van der Waals surface area contributed by atoms with Gasteiger partial charge in [-0.3, -0.25) is 19.3 Å². The second-order valence-corrected chi connectivity index (χ2v) is 6.49. The Labute approximate surface area is 169 Å². The topological polar surface area (TPSA) is 128 Å². The molecule has 0 saturated carbocycles. The maximum Gasteiger partial charge on any atom is 0.248 e. The molecular weight excluding hydrogens is 372 g/mol. The predicted octanol–water partition coefficient (Wildman–Crippen LogP) is 1.52. The van der Waals surface area contributed by atoms with Crippen molar-refractivity contribution in [2.45, 2.75) is 6.54 Å². The molecule has 2 aromatic rings. The minimum Gasteiger partial charge on any atom is -0.490 e. The number of likely N-dealkylation sites (N-methyl/N-ethyl adjacent to an activating group) is 1. The van der Waals surface area contributed by atoms with Crippen molar-refractivity contribution in [1.29, 1.82) is 0 Å². The van der Waals surface area contributed by atoms with Gasteiger partial charge in [-0.25, -0.2) is 0 Å². The van der Waals surface area contributed by atoms with E-state index in [-0.39, 0.29) is 29.3 Å². The highest BCUT2D eigenvalue weighted by Gasteiger charge is 2.12. The van der Waals surface area contributed by atoms with Crippen LogP contribution >= 0.6 is 0 Å². The first kappa shape index (κ1) is 21.6. The molecule has 0 bridgehead atoms. The molecule has 152 valence electrons. The Morgan fingerprint density at radius 3 is 2.17 bits per heavy atom. The van der Waals surface area contributed by atoms with Crippen LogP contribution in [-0.2, 0) is 11.3 Å². The standard InChI is InChI=1S/C21H24N4O4/c1-3-8-29-18-6-4-14(5-7-18)12-25(2)13-19(26)24-17-10-15(20(22)27)9-16(11-17)21(23)28/h3-7,9-11H,1,8,12-13H2,2H3,(H2,22,27)(H2,23,28)(H,24,26). The summed E-state index contributed by atoms with van der Waals surface area (Å²) in [6.07, 6.45) is 1.67. The van der Waals surface area contributed by atoms with Crippen molar-refractivity contribution in [1.82, 2.24) is 4.90 Å². The Kier molecular flexibility index (Phi) is 7.50. The Balaban J connectivity index is 1.97. The molecule has 2 rings (SSSR count). The lowest BCUT2D eigenvalue weighted by Crippen LogP contribution is -2.30. The summed E-state index contributed by atoms with van der Waals surface area (Å²) < 4.78 is 5.44. The van der Waals surface area contributed by atoms with E-state index in [0.29, 0.717) is 13.2 Å². The van der Waals surface area contributed by atoms with Gasteiger partial charge in [0.2, 0.25) is 17.7 Å². The zero-order valence-electron chi connectivity index (χ0n) is 16.2. The van der Waals surface area contributed by atoms with Gasteiger partial charge in [-0.15, -0.1) is 0 Å². The third-order valence-corrected chi connectivity index (χ3v) is 3.94. The third kappa shape index (κ3) is 6.78. The van der Waals surface area contributed by atoms with Crippen LogP contribution in [0.5, 0.6) is 5.75 Å². The number of carbonyl (C=O) groups excluding carboxylic acids is 3. The van der Waals surface area contributed by atoms with Gasteiger partial charge < -0.3 is 21.5 Å². The molecule has 0 aliphatic heterocycles. The molecule has 0 heterocycles. The molecule has 0 aliphatic rings. The monoisotopic (exact) mass is 396 g/mol. The average molecular weight is 396 g/mol. The van der Waals surface area contributed by atoms with Crippen LogP contribution in [0.25, 0.3) is 0 Å². The molecular formula is C21H24N4O4. The molecule has 8 nitrogen and oxygen atoms in total. The fourth-order valence-electron chi connectivity index (χ4n) is 2.64. The van der Waals surface area contributed by atoms with Gasteiger partial charge in [0.1, 0.15) is 12.4 Å². The third-order valence-electron chi connectivity index (χ3n) is 3.94. The van der Waals surface area contributed by atoms with E-state index in [0.717, 1.165) is 11.3 Å². The summed E-state index contributed by atoms with van der Waals surface area (Å²) in [5, 5.41) is 2.66. The minimum atomic E-state index is -0.721. The molecule has 0 spiro atoms. The summed E-state index contributed by atoms with van der Waals surface area (Å²) in [7, 11) is 1.80. The van der Waals surface area contributed by atoms with Crippen molar-refractivity contribution >= 4 is 23.4 Å². The fourth-order valence-corrected chi connectivity index (χ4v) is 2.64. The zero-order chi connectivity index (χ0) is 21.4. The second-order valence-electron chi connectivity index (χ2n) is 6.49. The average Bonchev–Trinajstić information content (AvgIpc) is 2.66. The molecule has 0 aromatic heterocycles. The summed E-state index contributed by atoms with van der Waals surface area (Å²) >= 11 is 0. The number of amides is 3. The Bertz CT molecular complexity index is 877. The molecule has 8 heteroatoms. The molecule has 3 amide bonds. The van der Waals surface area contributed by atoms with E-state index < -0.39 is 11.8 Å². The molecule has 0 atom stereocenters. The highest BCUT2D eigenvalue weighted by atomic mass is 16.5. The summed E-state index contributed by atoms with van der Waals surface area (Å²) in [6.45, 7) is 4.68. The summed E-state index contributed by atoms with van der Waals surface area (Å²) in [4.78, 5) is 37.0. The van der Waals surface area contributed by atoms with Crippen molar-refractivity contribution in [2.75, 3.05) is 25.5 Å². The van der Waals surface area contributed by atoms with Gasteiger partial charge in [0.05, 0.1) is 6.54 Å². The summed E-state index contributed by atoms with van der Waals surface area (Å²) in [5.41, 5.74) is 12.0. The lowest BCUT2D eigenvalue weighted by Gasteiger charge is -2.17. The summed E-state index contributed by atoms with van der Waals surface area (Å²) in [5.74, 6) is -1.01. The molecule has 0 aliphatic carbocycles. The predicted molar refractivity (Wildman–Crippen MR) is 111 cm³/mol. The SMILES string of the molecule is C=CCOc1ccc(CN(C)CC(=O)Nc2cc(C(N)=O)cc(C(N)=O)c2)cc1. The van der Waals surface area contributed by atoms with Gasteiger partial charge in [0.25, 0.3) is 0 Å². The van der Waals surface area contributed by atoms with E-state index in [1.807, 2.05) is 29.2 Å². The second kappa shape index (κ2) is 10.0. The number of hydrogen-bond acceptors (Lipinski definition) is 5. The van der Waals surface area contributed by atoms with Crippen molar-refractivity contribution in [3.8, 4) is 5.75 Å². The number of primary amides is 2. The zero-order valence-corrected chi connectivity index (χ0v) is 16.2. The van der Waals surface area contributed by atoms with Crippen LogP contribution in [0.3, 0.4) is 0 Å². The van der Waals surface area contributed by atoms with Crippen LogP contribution in [-0.4, -0.2) is 42.8 Å². The molecule has 0 fully saturated rings. The molecule has 0 saturated heterocycles. The van der Waals surface area contributed by atoms with Gasteiger partial charge in [0.15, 0.2) is 0 Å². The number of nitrogens with two attached hydrogens (primary N) is 2. The van der Waals surface area contributed by atoms with Crippen molar-refractivity contribution in [3.05, 3.63) is 71.8 Å². The van der Waals surface area contributed by atoms with Gasteiger partial charge in [-0.05, 0) is 42.9 Å². The number of nitrogens with zero attached hydrogens (tertiary/aromatic N) is 1. The number of benzene rings is 2. The van der Waals surface area contributed by atoms with E-state index in [1.54, 1.807) is 13.1 Å². The van der Waals surface area contributed by atoms with Gasteiger partial charge in [0, 0.05) is 23.4 Å². The normalized spacial score (nSPS) is 10.4. The molecule has 5 N–H and O–H groups in total. The Hall–Kier alpha value is -3.65. The first-order valence-corrected chi connectivity index (χ1v) is 8.84. The molecule has 29 heavy (non-hydrogen) atoms. The maximum atomic E-state index is 12.3. The van der Waals surface area contributed by atoms with E-state index in [9.17, 15) is 14.4 Å². The number of ether oxygens (including phenoxy) is 1. The van der Waals surface area contributed by atoms with Gasteiger partial charge in [-0.2, -0.15) is 0 Å². The van der Waals surface area contributed by atoms with Crippen LogP contribution in [0.4, 0.5) is 5.69 Å². The highest BCUT2D eigenvalue weighted by molar-refractivity contribution is 6.01. The Morgan fingerprint density at radius 1 is 1.07 bits per heavy atom. The first-order chi connectivity index (χ1) is 13.8. The fraction of sp³-hybridized carbons (Fsp3) is 0.190. The van der Waals surface area contributed by atoms with Crippen molar-refractivity contribution < 1.29 is 19.1 Å².